The largest absolute Gasteiger partial charge is 0.491 e. The highest BCUT2D eigenvalue weighted by molar-refractivity contribution is 5.80. The van der Waals surface area contributed by atoms with Gasteiger partial charge in [-0.25, -0.2) is 4.99 Å². The molecule has 20 heavy (non-hydrogen) atoms. The maximum Gasteiger partial charge on any atom is 0.191 e. The first-order valence-corrected chi connectivity index (χ1v) is 7.17. The summed E-state index contributed by atoms with van der Waals surface area (Å²) < 4.78 is 5.73. The molecule has 4 heteroatoms. The Labute approximate surface area is 122 Å². The summed E-state index contributed by atoms with van der Waals surface area (Å²) in [5.41, 5.74) is 1.15. The maximum atomic E-state index is 5.73. The normalized spacial score (nSPS) is 12.2. The van der Waals surface area contributed by atoms with Gasteiger partial charge in [-0.3, -0.25) is 0 Å². The molecular formula is C16H27N3O. The molecule has 0 saturated heterocycles. The van der Waals surface area contributed by atoms with Crippen molar-refractivity contribution < 1.29 is 4.74 Å². The Hall–Kier alpha value is -1.71. The molecule has 0 saturated carbocycles. The van der Waals surface area contributed by atoms with Crippen LogP contribution in [0.5, 0.6) is 5.75 Å². The lowest BCUT2D eigenvalue weighted by atomic mass is 10.1. The highest BCUT2D eigenvalue weighted by Crippen LogP contribution is 2.15. The number of nitrogens with one attached hydrogen (secondary N) is 2. The zero-order valence-corrected chi connectivity index (χ0v) is 13.3. The minimum absolute atomic E-state index is 0.00210. The Bertz CT molecular complexity index is 436. The number of ether oxygens (including phenoxy) is 1. The first-order chi connectivity index (χ1) is 9.42. The monoisotopic (exact) mass is 277 g/mol. The van der Waals surface area contributed by atoms with Crippen LogP contribution < -0.4 is 15.4 Å². The molecule has 1 aromatic rings. The molecule has 0 bridgehead atoms. The predicted molar refractivity (Wildman–Crippen MR) is 85.5 cm³/mol. The van der Waals surface area contributed by atoms with Crippen LogP contribution in [0.2, 0.25) is 0 Å². The molecule has 0 radical (unpaired) electrons. The van der Waals surface area contributed by atoms with Crippen LogP contribution in [-0.4, -0.2) is 31.2 Å². The first kappa shape index (κ1) is 16.3. The SMILES string of the molecule is CCNC(=NCCOc1ccccc1C)NC(C)(C)C. The van der Waals surface area contributed by atoms with Crippen molar-refractivity contribution in [3.05, 3.63) is 29.8 Å². The topological polar surface area (TPSA) is 45.7 Å². The van der Waals surface area contributed by atoms with Gasteiger partial charge in [0.1, 0.15) is 12.4 Å². The lowest BCUT2D eigenvalue weighted by molar-refractivity contribution is 0.326. The molecule has 0 aromatic heterocycles. The Morgan fingerprint density at radius 1 is 1.25 bits per heavy atom. The lowest BCUT2D eigenvalue weighted by Crippen LogP contribution is -2.47. The number of guanidine groups is 1. The van der Waals surface area contributed by atoms with E-state index in [1.54, 1.807) is 0 Å². The van der Waals surface area contributed by atoms with E-state index in [-0.39, 0.29) is 5.54 Å². The van der Waals surface area contributed by atoms with Gasteiger partial charge in [0.25, 0.3) is 0 Å². The van der Waals surface area contributed by atoms with Crippen molar-refractivity contribution in [3.8, 4) is 5.75 Å². The van der Waals surface area contributed by atoms with Gasteiger partial charge >= 0.3 is 0 Å². The molecule has 0 aliphatic heterocycles. The second-order valence-electron chi connectivity index (χ2n) is 5.75. The molecule has 4 nitrogen and oxygen atoms in total. The third-order valence-electron chi connectivity index (χ3n) is 2.55. The minimum atomic E-state index is -0.00210. The number of hydrogen-bond donors (Lipinski definition) is 2. The predicted octanol–water partition coefficient (Wildman–Crippen LogP) is 2.73. The van der Waals surface area contributed by atoms with E-state index < -0.39 is 0 Å². The zero-order valence-electron chi connectivity index (χ0n) is 13.3. The molecular weight excluding hydrogens is 250 g/mol. The van der Waals surface area contributed by atoms with E-state index in [4.69, 9.17) is 4.74 Å². The van der Waals surface area contributed by atoms with Gasteiger partial charge in [-0.2, -0.15) is 0 Å². The number of rotatable bonds is 5. The quantitative estimate of drug-likeness (QED) is 0.494. The van der Waals surface area contributed by atoms with Crippen molar-refractivity contribution in [2.45, 2.75) is 40.2 Å². The van der Waals surface area contributed by atoms with Crippen molar-refractivity contribution in [2.75, 3.05) is 19.7 Å². The third-order valence-corrected chi connectivity index (χ3v) is 2.55. The average molecular weight is 277 g/mol. The van der Waals surface area contributed by atoms with Crippen LogP contribution in [0.25, 0.3) is 0 Å². The van der Waals surface area contributed by atoms with Crippen molar-refractivity contribution >= 4 is 5.96 Å². The molecule has 0 heterocycles. The van der Waals surface area contributed by atoms with E-state index in [2.05, 4.69) is 43.3 Å². The van der Waals surface area contributed by atoms with E-state index in [0.717, 1.165) is 23.8 Å². The fraction of sp³-hybridized carbons (Fsp3) is 0.562. The smallest absolute Gasteiger partial charge is 0.191 e. The molecule has 112 valence electrons. The summed E-state index contributed by atoms with van der Waals surface area (Å²) in [7, 11) is 0. The van der Waals surface area contributed by atoms with Crippen LogP contribution in [0.1, 0.15) is 33.3 Å². The van der Waals surface area contributed by atoms with Crippen LogP contribution >= 0.6 is 0 Å². The van der Waals surface area contributed by atoms with Gasteiger partial charge in [0.2, 0.25) is 0 Å². The van der Waals surface area contributed by atoms with Crippen LogP contribution in [0.15, 0.2) is 29.3 Å². The molecule has 0 aliphatic rings. The van der Waals surface area contributed by atoms with E-state index >= 15 is 0 Å². The summed E-state index contributed by atoms with van der Waals surface area (Å²) in [5, 5.41) is 6.58. The van der Waals surface area contributed by atoms with Gasteiger partial charge in [0.15, 0.2) is 5.96 Å². The van der Waals surface area contributed by atoms with Crippen molar-refractivity contribution in [3.63, 3.8) is 0 Å². The van der Waals surface area contributed by atoms with E-state index in [9.17, 15) is 0 Å². The highest BCUT2D eigenvalue weighted by Gasteiger charge is 2.11. The molecule has 0 aliphatic carbocycles. The Morgan fingerprint density at radius 2 is 1.95 bits per heavy atom. The van der Waals surface area contributed by atoms with E-state index in [0.29, 0.717) is 13.2 Å². The summed E-state index contributed by atoms with van der Waals surface area (Å²) in [6.45, 7) is 12.5. The third kappa shape index (κ3) is 6.45. The van der Waals surface area contributed by atoms with Crippen molar-refractivity contribution in [1.82, 2.24) is 10.6 Å². The molecule has 0 atom stereocenters. The number of hydrogen-bond acceptors (Lipinski definition) is 2. The van der Waals surface area contributed by atoms with Crippen molar-refractivity contribution in [1.29, 1.82) is 0 Å². The van der Waals surface area contributed by atoms with Crippen LogP contribution in [0.4, 0.5) is 0 Å². The fourth-order valence-corrected chi connectivity index (χ4v) is 1.69. The second kappa shape index (κ2) is 7.78. The van der Waals surface area contributed by atoms with Gasteiger partial charge in [0, 0.05) is 12.1 Å². The summed E-state index contributed by atoms with van der Waals surface area (Å²) in [6.07, 6.45) is 0. The average Bonchev–Trinajstić information content (AvgIpc) is 2.35. The Morgan fingerprint density at radius 3 is 2.55 bits per heavy atom. The van der Waals surface area contributed by atoms with E-state index in [1.165, 1.54) is 0 Å². The molecule has 0 spiro atoms. The standard InChI is InChI=1S/C16H27N3O/c1-6-17-15(19-16(3,4)5)18-11-12-20-14-10-8-7-9-13(14)2/h7-10H,6,11-12H2,1-5H3,(H2,17,18,19). The molecule has 1 aromatic carbocycles. The maximum absolute atomic E-state index is 5.73. The summed E-state index contributed by atoms with van der Waals surface area (Å²) in [5.74, 6) is 1.75. The minimum Gasteiger partial charge on any atom is -0.491 e. The fourth-order valence-electron chi connectivity index (χ4n) is 1.69. The zero-order chi connectivity index (χ0) is 15.0. The second-order valence-corrected chi connectivity index (χ2v) is 5.75. The van der Waals surface area contributed by atoms with Gasteiger partial charge in [0.05, 0.1) is 6.54 Å². The molecule has 0 amide bonds. The van der Waals surface area contributed by atoms with Gasteiger partial charge in [-0.1, -0.05) is 18.2 Å². The summed E-state index contributed by atoms with van der Waals surface area (Å²) >= 11 is 0. The lowest BCUT2D eigenvalue weighted by Gasteiger charge is -2.23. The van der Waals surface area contributed by atoms with Gasteiger partial charge < -0.3 is 15.4 Å². The molecule has 2 N–H and O–H groups in total. The van der Waals surface area contributed by atoms with Crippen molar-refractivity contribution in [2.24, 2.45) is 4.99 Å². The summed E-state index contributed by atoms with van der Waals surface area (Å²) in [6, 6.07) is 8.02. The number of nitrogens with zero attached hydrogens (tertiary/aromatic N) is 1. The summed E-state index contributed by atoms with van der Waals surface area (Å²) in [4.78, 5) is 4.51. The number of benzene rings is 1. The van der Waals surface area contributed by atoms with Gasteiger partial charge in [-0.05, 0) is 46.2 Å². The molecule has 1 rings (SSSR count). The molecule has 0 fully saturated rings. The first-order valence-electron chi connectivity index (χ1n) is 7.17. The van der Waals surface area contributed by atoms with Crippen LogP contribution in [0.3, 0.4) is 0 Å². The highest BCUT2D eigenvalue weighted by atomic mass is 16.5. The van der Waals surface area contributed by atoms with Crippen LogP contribution in [0, 0.1) is 6.92 Å². The Kier molecular flexibility index (Phi) is 6.36. The van der Waals surface area contributed by atoms with Crippen LogP contribution in [-0.2, 0) is 0 Å². The van der Waals surface area contributed by atoms with E-state index in [1.807, 2.05) is 31.2 Å². The number of aliphatic imine (C=N–C) groups is 1. The number of para-hydroxylation sites is 1. The Balaban J connectivity index is 2.46. The van der Waals surface area contributed by atoms with Gasteiger partial charge in [-0.15, -0.1) is 0 Å². The molecule has 0 unspecified atom stereocenters. The number of aryl methyl sites for hydroxylation is 1.